The van der Waals surface area contributed by atoms with Crippen molar-refractivity contribution in [1.82, 2.24) is 10.2 Å². The number of nitrogens with one attached hydrogen (secondary N) is 1. The van der Waals surface area contributed by atoms with E-state index >= 15 is 0 Å². The van der Waals surface area contributed by atoms with E-state index in [0.717, 1.165) is 25.9 Å². The van der Waals surface area contributed by atoms with Crippen LogP contribution in [-0.4, -0.2) is 35.8 Å². The molecule has 0 aliphatic carbocycles. The normalized spacial score (nSPS) is 18.3. The summed E-state index contributed by atoms with van der Waals surface area (Å²) >= 11 is 0. The van der Waals surface area contributed by atoms with Crippen LogP contribution in [0.4, 0.5) is 0 Å². The van der Waals surface area contributed by atoms with Crippen molar-refractivity contribution in [2.45, 2.75) is 60.4 Å². The SMILES string of the molecule is CC(C)(C)C(=O)NC1CCN(C(=O)C(C)(C)C)CC1. The van der Waals surface area contributed by atoms with E-state index in [0.29, 0.717) is 0 Å². The zero-order valence-electron chi connectivity index (χ0n) is 13.2. The summed E-state index contributed by atoms with van der Waals surface area (Å²) in [5.41, 5.74) is -0.667. The molecule has 1 aliphatic heterocycles. The minimum atomic E-state index is -0.349. The number of piperidine rings is 1. The Bertz CT molecular complexity index is 342. The minimum Gasteiger partial charge on any atom is -0.353 e. The van der Waals surface area contributed by atoms with Gasteiger partial charge in [-0.2, -0.15) is 0 Å². The van der Waals surface area contributed by atoms with Crippen LogP contribution in [-0.2, 0) is 9.59 Å². The van der Waals surface area contributed by atoms with Crippen molar-refractivity contribution in [1.29, 1.82) is 0 Å². The number of amides is 2. The molecule has 0 atom stereocenters. The quantitative estimate of drug-likeness (QED) is 0.792. The third-order valence-corrected chi connectivity index (χ3v) is 3.44. The molecule has 0 aromatic rings. The van der Waals surface area contributed by atoms with E-state index in [1.807, 2.05) is 46.4 Å². The molecule has 110 valence electrons. The van der Waals surface area contributed by atoms with Gasteiger partial charge in [0.1, 0.15) is 0 Å². The van der Waals surface area contributed by atoms with Crippen molar-refractivity contribution in [3.63, 3.8) is 0 Å². The monoisotopic (exact) mass is 268 g/mol. The predicted octanol–water partition coefficient (Wildman–Crippen LogP) is 2.19. The summed E-state index contributed by atoms with van der Waals surface area (Å²) in [6.45, 7) is 13.1. The van der Waals surface area contributed by atoms with Crippen LogP contribution in [0.25, 0.3) is 0 Å². The maximum atomic E-state index is 12.1. The second kappa shape index (κ2) is 5.51. The first-order chi connectivity index (χ1) is 8.51. The van der Waals surface area contributed by atoms with Crippen molar-refractivity contribution in [3.05, 3.63) is 0 Å². The Morgan fingerprint density at radius 2 is 1.42 bits per heavy atom. The molecule has 0 aromatic heterocycles. The fraction of sp³-hybridized carbons (Fsp3) is 0.867. The van der Waals surface area contributed by atoms with Crippen LogP contribution in [0.2, 0.25) is 0 Å². The van der Waals surface area contributed by atoms with Gasteiger partial charge in [-0.1, -0.05) is 41.5 Å². The average molecular weight is 268 g/mol. The van der Waals surface area contributed by atoms with Crippen molar-refractivity contribution < 1.29 is 9.59 Å². The molecule has 1 rings (SSSR count). The van der Waals surface area contributed by atoms with Gasteiger partial charge in [-0.05, 0) is 12.8 Å². The molecule has 4 heteroatoms. The maximum absolute atomic E-state index is 12.1. The third-order valence-electron chi connectivity index (χ3n) is 3.44. The van der Waals surface area contributed by atoms with Gasteiger partial charge in [0.15, 0.2) is 0 Å². The number of carbonyl (C=O) groups excluding carboxylic acids is 2. The Kier molecular flexibility index (Phi) is 4.64. The molecule has 0 saturated carbocycles. The van der Waals surface area contributed by atoms with Gasteiger partial charge in [-0.25, -0.2) is 0 Å². The van der Waals surface area contributed by atoms with Gasteiger partial charge >= 0.3 is 0 Å². The van der Waals surface area contributed by atoms with Crippen LogP contribution in [0, 0.1) is 10.8 Å². The summed E-state index contributed by atoms with van der Waals surface area (Å²) in [7, 11) is 0. The van der Waals surface area contributed by atoms with Crippen LogP contribution in [0.15, 0.2) is 0 Å². The van der Waals surface area contributed by atoms with E-state index < -0.39 is 0 Å². The summed E-state index contributed by atoms with van der Waals surface area (Å²) in [5.74, 6) is 0.293. The number of rotatable bonds is 1. The van der Waals surface area contributed by atoms with Gasteiger partial charge in [-0.15, -0.1) is 0 Å². The maximum Gasteiger partial charge on any atom is 0.227 e. The Morgan fingerprint density at radius 1 is 0.947 bits per heavy atom. The van der Waals surface area contributed by atoms with Crippen LogP contribution >= 0.6 is 0 Å². The number of nitrogens with zero attached hydrogens (tertiary/aromatic N) is 1. The lowest BCUT2D eigenvalue weighted by atomic mass is 9.92. The molecule has 1 aliphatic rings. The smallest absolute Gasteiger partial charge is 0.227 e. The standard InChI is InChI=1S/C15H28N2O2/c1-14(2,3)12(18)16-11-7-9-17(10-8-11)13(19)15(4,5)6/h11H,7-10H2,1-6H3,(H,16,18). The van der Waals surface area contributed by atoms with Gasteiger partial charge in [0, 0.05) is 30.0 Å². The lowest BCUT2D eigenvalue weighted by Gasteiger charge is -2.36. The lowest BCUT2D eigenvalue weighted by molar-refractivity contribution is -0.140. The number of hydrogen-bond acceptors (Lipinski definition) is 2. The second-order valence-electron chi connectivity index (χ2n) is 7.54. The minimum absolute atomic E-state index is 0.0908. The average Bonchev–Trinajstić information content (AvgIpc) is 2.26. The molecule has 0 bridgehead atoms. The van der Waals surface area contributed by atoms with Gasteiger partial charge in [0.25, 0.3) is 0 Å². The fourth-order valence-electron chi connectivity index (χ4n) is 2.10. The molecule has 1 saturated heterocycles. The van der Waals surface area contributed by atoms with E-state index in [-0.39, 0.29) is 28.7 Å². The Labute approximate surface area is 116 Å². The second-order valence-corrected chi connectivity index (χ2v) is 7.54. The van der Waals surface area contributed by atoms with E-state index in [9.17, 15) is 9.59 Å². The topological polar surface area (TPSA) is 49.4 Å². The number of hydrogen-bond donors (Lipinski definition) is 1. The number of carbonyl (C=O) groups is 2. The Hall–Kier alpha value is -1.06. The van der Waals surface area contributed by atoms with Crippen LogP contribution in [0.3, 0.4) is 0 Å². The zero-order valence-corrected chi connectivity index (χ0v) is 13.2. The van der Waals surface area contributed by atoms with Crippen LogP contribution in [0.5, 0.6) is 0 Å². The van der Waals surface area contributed by atoms with Crippen molar-refractivity contribution >= 4 is 11.8 Å². The molecule has 2 amide bonds. The molecule has 0 radical (unpaired) electrons. The molecule has 0 spiro atoms. The van der Waals surface area contributed by atoms with E-state index in [1.54, 1.807) is 0 Å². The van der Waals surface area contributed by atoms with Crippen molar-refractivity contribution in [2.75, 3.05) is 13.1 Å². The molecule has 1 N–H and O–H groups in total. The van der Waals surface area contributed by atoms with Gasteiger partial charge in [0.05, 0.1) is 0 Å². The molecular formula is C15H28N2O2. The Morgan fingerprint density at radius 3 is 1.79 bits per heavy atom. The van der Waals surface area contributed by atoms with Crippen molar-refractivity contribution in [2.24, 2.45) is 10.8 Å². The molecule has 0 aromatic carbocycles. The van der Waals surface area contributed by atoms with Gasteiger partial charge in [0.2, 0.25) is 11.8 Å². The van der Waals surface area contributed by atoms with E-state index in [1.165, 1.54) is 0 Å². The summed E-state index contributed by atoms with van der Waals surface area (Å²) in [6, 6.07) is 0.204. The third kappa shape index (κ3) is 4.51. The van der Waals surface area contributed by atoms with Gasteiger partial charge in [-0.3, -0.25) is 9.59 Å². The first-order valence-corrected chi connectivity index (χ1v) is 7.12. The highest BCUT2D eigenvalue weighted by atomic mass is 16.2. The van der Waals surface area contributed by atoms with E-state index in [4.69, 9.17) is 0 Å². The molecule has 1 heterocycles. The van der Waals surface area contributed by atoms with Crippen LogP contribution < -0.4 is 5.32 Å². The largest absolute Gasteiger partial charge is 0.353 e. The lowest BCUT2D eigenvalue weighted by Crippen LogP contribution is -2.50. The summed E-state index contributed by atoms with van der Waals surface area (Å²) in [5, 5.41) is 3.08. The predicted molar refractivity (Wildman–Crippen MR) is 76.7 cm³/mol. The first-order valence-electron chi connectivity index (χ1n) is 7.12. The summed E-state index contributed by atoms with van der Waals surface area (Å²) in [4.78, 5) is 26.0. The zero-order chi connectivity index (χ0) is 14.8. The highest BCUT2D eigenvalue weighted by molar-refractivity contribution is 5.82. The molecule has 1 fully saturated rings. The summed E-state index contributed by atoms with van der Waals surface area (Å²) < 4.78 is 0. The van der Waals surface area contributed by atoms with E-state index in [2.05, 4.69) is 5.32 Å². The Balaban J connectivity index is 2.46. The van der Waals surface area contributed by atoms with Crippen molar-refractivity contribution in [3.8, 4) is 0 Å². The first kappa shape index (κ1) is 16.0. The number of likely N-dealkylation sites (tertiary alicyclic amines) is 1. The van der Waals surface area contributed by atoms with Gasteiger partial charge < -0.3 is 10.2 Å². The fourth-order valence-corrected chi connectivity index (χ4v) is 2.10. The van der Waals surface area contributed by atoms with Crippen LogP contribution in [0.1, 0.15) is 54.4 Å². The highest BCUT2D eigenvalue weighted by Crippen LogP contribution is 2.21. The molecule has 0 unspecified atom stereocenters. The molecule has 19 heavy (non-hydrogen) atoms. The summed E-state index contributed by atoms with van der Waals surface area (Å²) in [6.07, 6.45) is 1.70. The molecule has 4 nitrogen and oxygen atoms in total. The molecular weight excluding hydrogens is 240 g/mol. The highest BCUT2D eigenvalue weighted by Gasteiger charge is 2.31.